The standard InChI is InChI=1S/C19H18N6O2/c1-13-16(14(2)24(22-13)15-8-4-3-5-9-15)12-20-18-19(25(26)27)23-11-7-6-10-17(23)21-18/h3-11,20H,12H2,1-2H3. The fourth-order valence-corrected chi connectivity index (χ4v) is 3.20. The Bertz CT molecular complexity index is 1130. The molecular formula is C19H18N6O2. The van der Waals surface area contributed by atoms with Crippen molar-refractivity contribution in [2.24, 2.45) is 0 Å². The average molecular weight is 362 g/mol. The maximum Gasteiger partial charge on any atom is 0.372 e. The first-order chi connectivity index (χ1) is 13.1. The second-order valence-corrected chi connectivity index (χ2v) is 6.22. The molecule has 0 aliphatic carbocycles. The molecule has 0 bridgehead atoms. The average Bonchev–Trinajstić information content (AvgIpc) is 3.18. The first kappa shape index (κ1) is 16.8. The van der Waals surface area contributed by atoms with Crippen molar-refractivity contribution in [3.63, 3.8) is 0 Å². The summed E-state index contributed by atoms with van der Waals surface area (Å²) in [5, 5.41) is 19.2. The van der Waals surface area contributed by atoms with Crippen LogP contribution in [0.15, 0.2) is 54.7 Å². The minimum Gasteiger partial charge on any atom is -0.359 e. The Morgan fingerprint density at radius 1 is 1.11 bits per heavy atom. The highest BCUT2D eigenvalue weighted by molar-refractivity contribution is 5.62. The van der Waals surface area contributed by atoms with Crippen LogP contribution in [0.1, 0.15) is 17.0 Å². The van der Waals surface area contributed by atoms with Crippen molar-refractivity contribution in [3.05, 3.63) is 81.8 Å². The summed E-state index contributed by atoms with van der Waals surface area (Å²) in [5.41, 5.74) is 4.35. The summed E-state index contributed by atoms with van der Waals surface area (Å²) < 4.78 is 3.35. The number of nitrogens with one attached hydrogen (secondary N) is 1. The zero-order valence-corrected chi connectivity index (χ0v) is 15.0. The van der Waals surface area contributed by atoms with Gasteiger partial charge in [-0.25, -0.2) is 4.68 Å². The van der Waals surface area contributed by atoms with Crippen LogP contribution >= 0.6 is 0 Å². The fraction of sp³-hybridized carbons (Fsp3) is 0.158. The van der Waals surface area contributed by atoms with E-state index in [2.05, 4.69) is 15.4 Å². The molecule has 0 fully saturated rings. The molecule has 0 saturated heterocycles. The number of para-hydroxylation sites is 1. The van der Waals surface area contributed by atoms with E-state index in [9.17, 15) is 10.1 Å². The molecule has 0 unspecified atom stereocenters. The maximum absolute atomic E-state index is 11.5. The van der Waals surface area contributed by atoms with Crippen LogP contribution in [-0.2, 0) is 6.54 Å². The Morgan fingerprint density at radius 2 is 1.85 bits per heavy atom. The van der Waals surface area contributed by atoms with E-state index >= 15 is 0 Å². The number of aryl methyl sites for hydroxylation is 1. The van der Waals surface area contributed by atoms with E-state index in [1.54, 1.807) is 24.4 Å². The van der Waals surface area contributed by atoms with E-state index in [1.165, 1.54) is 4.40 Å². The van der Waals surface area contributed by atoms with Crippen LogP contribution in [0, 0.1) is 24.0 Å². The Labute approximate surface area is 155 Å². The van der Waals surface area contributed by atoms with Gasteiger partial charge in [0.25, 0.3) is 0 Å². The van der Waals surface area contributed by atoms with Crippen LogP contribution in [0.3, 0.4) is 0 Å². The molecule has 0 saturated carbocycles. The molecule has 8 heteroatoms. The molecule has 27 heavy (non-hydrogen) atoms. The highest BCUT2D eigenvalue weighted by Crippen LogP contribution is 2.26. The Morgan fingerprint density at radius 3 is 2.59 bits per heavy atom. The first-order valence-corrected chi connectivity index (χ1v) is 8.52. The highest BCUT2D eigenvalue weighted by atomic mass is 16.6. The van der Waals surface area contributed by atoms with Crippen molar-refractivity contribution >= 4 is 17.3 Å². The number of fused-ring (bicyclic) bond motifs is 1. The molecule has 4 rings (SSSR count). The van der Waals surface area contributed by atoms with E-state index in [1.807, 2.05) is 48.9 Å². The summed E-state index contributed by atoms with van der Waals surface area (Å²) in [6.07, 6.45) is 1.63. The number of imidazole rings is 1. The molecule has 3 aromatic heterocycles. The molecule has 0 atom stereocenters. The Kier molecular flexibility index (Phi) is 4.08. The van der Waals surface area contributed by atoms with Crippen LogP contribution in [0.2, 0.25) is 0 Å². The molecule has 0 aliphatic rings. The second-order valence-electron chi connectivity index (χ2n) is 6.22. The molecule has 0 spiro atoms. The third kappa shape index (κ3) is 2.91. The minimum atomic E-state index is -0.421. The maximum atomic E-state index is 11.5. The molecule has 0 amide bonds. The van der Waals surface area contributed by atoms with Gasteiger partial charge in [0.1, 0.15) is 0 Å². The fourth-order valence-electron chi connectivity index (χ4n) is 3.20. The van der Waals surface area contributed by atoms with E-state index in [4.69, 9.17) is 0 Å². The number of benzene rings is 1. The number of aromatic nitrogens is 4. The van der Waals surface area contributed by atoms with E-state index < -0.39 is 4.92 Å². The van der Waals surface area contributed by atoms with E-state index in [-0.39, 0.29) is 11.6 Å². The normalized spacial score (nSPS) is 11.0. The molecule has 1 aromatic carbocycles. The molecular weight excluding hydrogens is 344 g/mol. The highest BCUT2D eigenvalue weighted by Gasteiger charge is 2.23. The molecule has 136 valence electrons. The van der Waals surface area contributed by atoms with Crippen molar-refractivity contribution in [2.75, 3.05) is 5.32 Å². The third-order valence-corrected chi connectivity index (χ3v) is 4.55. The Hall–Kier alpha value is -3.68. The van der Waals surface area contributed by atoms with Crippen LogP contribution in [0.5, 0.6) is 0 Å². The van der Waals surface area contributed by atoms with Gasteiger partial charge in [-0.2, -0.15) is 14.5 Å². The van der Waals surface area contributed by atoms with Gasteiger partial charge in [0.2, 0.25) is 11.5 Å². The number of hydrogen-bond donors (Lipinski definition) is 1. The van der Waals surface area contributed by atoms with Crippen molar-refractivity contribution in [3.8, 4) is 5.69 Å². The SMILES string of the molecule is Cc1nn(-c2ccccc2)c(C)c1CNc1nc2ccccn2c1[N+](=O)[O-]. The zero-order chi connectivity index (χ0) is 19.0. The second kappa shape index (κ2) is 6.56. The van der Waals surface area contributed by atoms with Crippen LogP contribution < -0.4 is 5.32 Å². The molecule has 0 aliphatic heterocycles. The topological polar surface area (TPSA) is 90.3 Å². The van der Waals surface area contributed by atoms with Gasteiger partial charge < -0.3 is 15.4 Å². The molecule has 8 nitrogen and oxygen atoms in total. The van der Waals surface area contributed by atoms with Crippen molar-refractivity contribution in [1.29, 1.82) is 0 Å². The van der Waals surface area contributed by atoms with Gasteiger partial charge in [-0.3, -0.25) is 0 Å². The number of rotatable bonds is 5. The Balaban J connectivity index is 1.67. The summed E-state index contributed by atoms with van der Waals surface area (Å²) in [7, 11) is 0. The van der Waals surface area contributed by atoms with Gasteiger partial charge in [0, 0.05) is 23.9 Å². The number of anilines is 1. The molecule has 1 N–H and O–H groups in total. The van der Waals surface area contributed by atoms with Gasteiger partial charge in [-0.15, -0.1) is 0 Å². The lowest BCUT2D eigenvalue weighted by Crippen LogP contribution is -2.05. The van der Waals surface area contributed by atoms with Crippen LogP contribution in [-0.4, -0.2) is 24.1 Å². The van der Waals surface area contributed by atoms with Crippen LogP contribution in [0.4, 0.5) is 11.6 Å². The number of nitro groups is 1. The first-order valence-electron chi connectivity index (χ1n) is 8.52. The van der Waals surface area contributed by atoms with Gasteiger partial charge in [0.15, 0.2) is 0 Å². The largest absolute Gasteiger partial charge is 0.372 e. The summed E-state index contributed by atoms with van der Waals surface area (Å²) in [6, 6.07) is 15.1. The smallest absolute Gasteiger partial charge is 0.359 e. The number of nitrogens with zero attached hydrogens (tertiary/aromatic N) is 5. The lowest BCUT2D eigenvalue weighted by molar-refractivity contribution is -0.389. The zero-order valence-electron chi connectivity index (χ0n) is 15.0. The van der Waals surface area contributed by atoms with Gasteiger partial charge in [0.05, 0.1) is 17.6 Å². The lowest BCUT2D eigenvalue weighted by Gasteiger charge is -2.06. The summed E-state index contributed by atoms with van der Waals surface area (Å²) >= 11 is 0. The quantitative estimate of drug-likeness (QED) is 0.432. The summed E-state index contributed by atoms with van der Waals surface area (Å²) in [5.74, 6) is 0.175. The van der Waals surface area contributed by atoms with Crippen molar-refractivity contribution in [1.82, 2.24) is 19.2 Å². The van der Waals surface area contributed by atoms with E-state index in [0.717, 1.165) is 22.6 Å². The monoisotopic (exact) mass is 362 g/mol. The summed E-state index contributed by atoms with van der Waals surface area (Å²) in [6.45, 7) is 4.32. The van der Waals surface area contributed by atoms with Crippen molar-refractivity contribution < 1.29 is 4.92 Å². The molecule has 0 radical (unpaired) electrons. The lowest BCUT2D eigenvalue weighted by atomic mass is 10.2. The third-order valence-electron chi connectivity index (χ3n) is 4.55. The van der Waals surface area contributed by atoms with Gasteiger partial charge in [-0.1, -0.05) is 24.3 Å². The van der Waals surface area contributed by atoms with Crippen LogP contribution in [0.25, 0.3) is 11.3 Å². The predicted molar refractivity (Wildman–Crippen MR) is 102 cm³/mol. The summed E-state index contributed by atoms with van der Waals surface area (Å²) in [4.78, 5) is 15.5. The minimum absolute atomic E-state index is 0.0728. The van der Waals surface area contributed by atoms with Gasteiger partial charge in [-0.05, 0) is 37.0 Å². The molecule has 4 aromatic rings. The number of pyridine rings is 1. The van der Waals surface area contributed by atoms with Crippen molar-refractivity contribution in [2.45, 2.75) is 20.4 Å². The molecule has 3 heterocycles. The van der Waals surface area contributed by atoms with Gasteiger partial charge >= 0.3 is 5.82 Å². The number of hydrogen-bond acceptors (Lipinski definition) is 5. The predicted octanol–water partition coefficient (Wildman–Crippen LogP) is 3.66. The van der Waals surface area contributed by atoms with E-state index in [0.29, 0.717) is 12.2 Å².